The fraction of sp³-hybridized carbons (Fsp3) is 0.706. The van der Waals surface area contributed by atoms with E-state index in [1.165, 1.54) is 0 Å². The number of amides is 1. The van der Waals surface area contributed by atoms with Crippen LogP contribution in [0.15, 0.2) is 6.20 Å². The first kappa shape index (κ1) is 17.3. The second kappa shape index (κ2) is 6.39. The molecule has 7 heteroatoms. The van der Waals surface area contributed by atoms with Gasteiger partial charge in [0.1, 0.15) is 11.4 Å². The quantitative estimate of drug-likeness (QED) is 0.825. The zero-order chi connectivity index (χ0) is 17.5. The topological polar surface area (TPSA) is 67.4 Å². The van der Waals surface area contributed by atoms with Gasteiger partial charge in [0.05, 0.1) is 0 Å². The van der Waals surface area contributed by atoms with Crippen LogP contribution in [0.2, 0.25) is 5.28 Å². The van der Waals surface area contributed by atoms with Crippen molar-refractivity contribution in [3.05, 3.63) is 17.0 Å². The average molecular weight is 353 g/mol. The molecule has 132 valence electrons. The van der Waals surface area contributed by atoms with Crippen LogP contribution in [0, 0.1) is 18.8 Å². The SMILES string of the molecule is Cc1cnc(Cl)nc1NC1CC2CN(C(=O)OC(C)(C)C)CC2C1. The summed E-state index contributed by atoms with van der Waals surface area (Å²) in [6.07, 6.45) is 3.60. The van der Waals surface area contributed by atoms with Gasteiger partial charge in [-0.15, -0.1) is 0 Å². The molecule has 2 aliphatic rings. The molecule has 1 aromatic rings. The highest BCUT2D eigenvalue weighted by Gasteiger charge is 2.43. The predicted octanol–water partition coefficient (Wildman–Crippen LogP) is 3.50. The predicted molar refractivity (Wildman–Crippen MR) is 93.2 cm³/mol. The van der Waals surface area contributed by atoms with Crippen molar-refractivity contribution in [2.75, 3.05) is 18.4 Å². The Kier molecular flexibility index (Phi) is 4.60. The van der Waals surface area contributed by atoms with Gasteiger partial charge in [-0.1, -0.05) is 0 Å². The standard InChI is InChI=1S/C17H25ClN4O2/c1-10-7-19-15(18)21-14(10)20-13-5-11-8-22(9-12(11)6-13)16(23)24-17(2,3)4/h7,11-13H,5-6,8-9H2,1-4H3,(H,19,20,21). The van der Waals surface area contributed by atoms with E-state index in [2.05, 4.69) is 15.3 Å². The van der Waals surface area contributed by atoms with Gasteiger partial charge in [0.2, 0.25) is 5.28 Å². The van der Waals surface area contributed by atoms with E-state index in [4.69, 9.17) is 16.3 Å². The van der Waals surface area contributed by atoms with Crippen LogP contribution in [0.4, 0.5) is 10.6 Å². The van der Waals surface area contributed by atoms with Crippen LogP contribution < -0.4 is 5.32 Å². The van der Waals surface area contributed by atoms with Gasteiger partial charge >= 0.3 is 6.09 Å². The maximum atomic E-state index is 12.2. The number of anilines is 1. The summed E-state index contributed by atoms with van der Waals surface area (Å²) < 4.78 is 5.48. The van der Waals surface area contributed by atoms with Crippen LogP contribution >= 0.6 is 11.6 Å². The summed E-state index contributed by atoms with van der Waals surface area (Å²) in [7, 11) is 0. The van der Waals surface area contributed by atoms with E-state index < -0.39 is 5.60 Å². The van der Waals surface area contributed by atoms with Crippen molar-refractivity contribution in [1.29, 1.82) is 0 Å². The highest BCUT2D eigenvalue weighted by molar-refractivity contribution is 6.28. The highest BCUT2D eigenvalue weighted by Crippen LogP contribution is 2.39. The maximum Gasteiger partial charge on any atom is 0.410 e. The third-order valence-corrected chi connectivity index (χ3v) is 4.87. The van der Waals surface area contributed by atoms with Crippen molar-refractivity contribution in [2.45, 2.75) is 52.2 Å². The number of carbonyl (C=O) groups is 1. The van der Waals surface area contributed by atoms with E-state index in [1.54, 1.807) is 6.20 Å². The van der Waals surface area contributed by atoms with E-state index in [1.807, 2.05) is 32.6 Å². The molecule has 2 atom stereocenters. The van der Waals surface area contributed by atoms with Gasteiger partial charge in [-0.2, -0.15) is 0 Å². The molecule has 0 bridgehead atoms. The summed E-state index contributed by atoms with van der Waals surface area (Å²) in [5, 5.41) is 3.75. The fourth-order valence-corrected chi connectivity index (χ4v) is 3.79. The number of likely N-dealkylation sites (tertiary alicyclic amines) is 1. The zero-order valence-corrected chi connectivity index (χ0v) is 15.4. The number of hydrogen-bond donors (Lipinski definition) is 1. The second-order valence-corrected chi connectivity index (χ2v) is 8.23. The van der Waals surface area contributed by atoms with Crippen LogP contribution in [0.1, 0.15) is 39.2 Å². The van der Waals surface area contributed by atoms with Crippen LogP contribution in [0.25, 0.3) is 0 Å². The molecule has 1 aliphatic heterocycles. The molecule has 0 aromatic carbocycles. The largest absolute Gasteiger partial charge is 0.444 e. The number of rotatable bonds is 2. The Morgan fingerprint density at radius 1 is 1.33 bits per heavy atom. The van der Waals surface area contributed by atoms with Crippen LogP contribution in [0.3, 0.4) is 0 Å². The Labute approximate surface area is 147 Å². The van der Waals surface area contributed by atoms with Crippen molar-refractivity contribution in [3.63, 3.8) is 0 Å². The lowest BCUT2D eigenvalue weighted by Gasteiger charge is -2.25. The van der Waals surface area contributed by atoms with Gasteiger partial charge in [0, 0.05) is 30.9 Å². The maximum absolute atomic E-state index is 12.2. The van der Waals surface area contributed by atoms with Crippen molar-refractivity contribution in [2.24, 2.45) is 11.8 Å². The van der Waals surface area contributed by atoms with Gasteiger partial charge < -0.3 is 15.0 Å². The first-order valence-electron chi connectivity index (χ1n) is 8.45. The molecule has 1 amide bonds. The zero-order valence-electron chi connectivity index (χ0n) is 14.7. The molecular weight excluding hydrogens is 328 g/mol. The third-order valence-electron chi connectivity index (χ3n) is 4.69. The van der Waals surface area contributed by atoms with Crippen LogP contribution in [0.5, 0.6) is 0 Å². The molecule has 1 N–H and O–H groups in total. The molecule has 2 unspecified atom stereocenters. The minimum Gasteiger partial charge on any atom is -0.444 e. The lowest BCUT2D eigenvalue weighted by atomic mass is 10.0. The van der Waals surface area contributed by atoms with Crippen LogP contribution in [-0.4, -0.2) is 45.7 Å². The molecular formula is C17H25ClN4O2. The summed E-state index contributed by atoms with van der Waals surface area (Å²) in [5.74, 6) is 1.85. The van der Waals surface area contributed by atoms with Gasteiger partial charge in [-0.25, -0.2) is 14.8 Å². The van der Waals surface area contributed by atoms with Crippen molar-refractivity contribution < 1.29 is 9.53 Å². The van der Waals surface area contributed by atoms with Gasteiger partial charge in [0.25, 0.3) is 0 Å². The lowest BCUT2D eigenvalue weighted by molar-refractivity contribution is 0.0280. The highest BCUT2D eigenvalue weighted by atomic mass is 35.5. The monoisotopic (exact) mass is 352 g/mol. The Hall–Kier alpha value is -1.56. The van der Waals surface area contributed by atoms with E-state index >= 15 is 0 Å². The van der Waals surface area contributed by atoms with Gasteiger partial charge in [-0.3, -0.25) is 0 Å². The summed E-state index contributed by atoms with van der Waals surface area (Å²) in [6.45, 7) is 9.23. The van der Waals surface area contributed by atoms with E-state index in [0.29, 0.717) is 17.9 Å². The Balaban J connectivity index is 1.55. The summed E-state index contributed by atoms with van der Waals surface area (Å²) in [6, 6.07) is 0.366. The molecule has 24 heavy (non-hydrogen) atoms. The molecule has 6 nitrogen and oxygen atoms in total. The average Bonchev–Trinajstić information content (AvgIpc) is 2.99. The van der Waals surface area contributed by atoms with Crippen molar-refractivity contribution in [1.82, 2.24) is 14.9 Å². The number of nitrogens with one attached hydrogen (secondary N) is 1. The summed E-state index contributed by atoms with van der Waals surface area (Å²) >= 11 is 5.88. The molecule has 3 rings (SSSR count). The Morgan fingerprint density at radius 3 is 2.54 bits per heavy atom. The number of nitrogens with zero attached hydrogens (tertiary/aromatic N) is 3. The number of carbonyl (C=O) groups excluding carboxylic acids is 1. The number of hydrogen-bond acceptors (Lipinski definition) is 5. The van der Waals surface area contributed by atoms with Crippen LogP contribution in [-0.2, 0) is 4.74 Å². The molecule has 1 aliphatic carbocycles. The Bertz CT molecular complexity index is 618. The Morgan fingerprint density at radius 2 is 1.96 bits per heavy atom. The van der Waals surface area contributed by atoms with Gasteiger partial charge in [0.15, 0.2) is 0 Å². The van der Waals surface area contributed by atoms with E-state index in [0.717, 1.165) is 37.3 Å². The first-order valence-corrected chi connectivity index (χ1v) is 8.82. The number of ether oxygens (including phenoxy) is 1. The molecule has 1 saturated carbocycles. The van der Waals surface area contributed by atoms with E-state index in [-0.39, 0.29) is 11.4 Å². The van der Waals surface area contributed by atoms with E-state index in [9.17, 15) is 4.79 Å². The fourth-order valence-electron chi connectivity index (χ4n) is 3.65. The molecule has 1 aromatic heterocycles. The molecule has 0 radical (unpaired) electrons. The van der Waals surface area contributed by atoms with Crippen molar-refractivity contribution in [3.8, 4) is 0 Å². The number of fused-ring (bicyclic) bond motifs is 1. The minimum atomic E-state index is -0.442. The van der Waals surface area contributed by atoms with Gasteiger partial charge in [-0.05, 0) is 64.0 Å². The number of halogens is 1. The number of aryl methyl sites for hydroxylation is 1. The molecule has 1 saturated heterocycles. The second-order valence-electron chi connectivity index (χ2n) is 7.89. The smallest absolute Gasteiger partial charge is 0.410 e. The normalized spacial score (nSPS) is 26.4. The summed E-state index contributed by atoms with van der Waals surface area (Å²) in [4.78, 5) is 22.3. The first-order chi connectivity index (χ1) is 11.2. The summed E-state index contributed by atoms with van der Waals surface area (Å²) in [5.41, 5.74) is 0.551. The molecule has 0 spiro atoms. The van der Waals surface area contributed by atoms with Crippen molar-refractivity contribution >= 4 is 23.5 Å². The molecule has 2 heterocycles. The number of aromatic nitrogens is 2. The third kappa shape index (κ3) is 3.91. The molecule has 2 fully saturated rings. The lowest BCUT2D eigenvalue weighted by Crippen LogP contribution is -2.36. The minimum absolute atomic E-state index is 0.195.